The molecule has 0 aliphatic carbocycles. The molecule has 100 valence electrons. The summed E-state index contributed by atoms with van der Waals surface area (Å²) in [4.78, 5) is 24.8. The molecule has 4 nitrogen and oxygen atoms in total. The highest BCUT2D eigenvalue weighted by atomic mass is 79.9. The van der Waals surface area contributed by atoms with E-state index in [0.717, 1.165) is 8.66 Å². The predicted molar refractivity (Wildman–Crippen MR) is 80.5 cm³/mol. The summed E-state index contributed by atoms with van der Waals surface area (Å²) in [7, 11) is 0. The van der Waals surface area contributed by atoms with Gasteiger partial charge in [0.05, 0.1) is 21.8 Å². The van der Waals surface area contributed by atoms with Crippen LogP contribution in [-0.4, -0.2) is 18.4 Å². The smallest absolute Gasteiger partial charge is 0.261 e. The second-order valence-corrected chi connectivity index (χ2v) is 7.14. The van der Waals surface area contributed by atoms with Crippen LogP contribution in [-0.2, 0) is 11.3 Å². The fourth-order valence-corrected chi connectivity index (χ4v) is 3.41. The second-order valence-electron chi connectivity index (χ2n) is 3.64. The van der Waals surface area contributed by atoms with Gasteiger partial charge in [0.2, 0.25) is 5.91 Å². The number of carbonyl (C=O) groups excluding carboxylic acids is 2. The van der Waals surface area contributed by atoms with Crippen molar-refractivity contribution in [2.75, 3.05) is 6.54 Å². The van der Waals surface area contributed by atoms with Gasteiger partial charge < -0.3 is 10.6 Å². The van der Waals surface area contributed by atoms with E-state index in [1.54, 1.807) is 23.5 Å². The molecule has 2 N–H and O–H groups in total. The highest BCUT2D eigenvalue weighted by Crippen LogP contribution is 2.21. The highest BCUT2D eigenvalue weighted by Gasteiger charge is 2.08. The Labute approximate surface area is 127 Å². The Balaban J connectivity index is 1.71. The number of thiophene rings is 2. The van der Waals surface area contributed by atoms with Gasteiger partial charge in [0.1, 0.15) is 0 Å². The number of hydrogen-bond acceptors (Lipinski definition) is 4. The molecule has 2 rings (SSSR count). The molecular formula is C12H11BrN2O2S2. The zero-order valence-corrected chi connectivity index (χ0v) is 13.0. The van der Waals surface area contributed by atoms with E-state index < -0.39 is 0 Å². The van der Waals surface area contributed by atoms with E-state index in [9.17, 15) is 9.59 Å². The Kier molecular flexibility index (Phi) is 5.12. The van der Waals surface area contributed by atoms with Crippen LogP contribution < -0.4 is 10.6 Å². The van der Waals surface area contributed by atoms with Gasteiger partial charge in [-0.2, -0.15) is 0 Å². The van der Waals surface area contributed by atoms with Crippen molar-refractivity contribution < 1.29 is 9.59 Å². The average Bonchev–Trinajstić information content (AvgIpc) is 3.04. The highest BCUT2D eigenvalue weighted by molar-refractivity contribution is 9.11. The van der Waals surface area contributed by atoms with Crippen LogP contribution in [0.3, 0.4) is 0 Å². The lowest BCUT2D eigenvalue weighted by Gasteiger charge is -2.04. The van der Waals surface area contributed by atoms with Gasteiger partial charge in [-0.3, -0.25) is 9.59 Å². The van der Waals surface area contributed by atoms with Crippen molar-refractivity contribution in [3.8, 4) is 0 Å². The van der Waals surface area contributed by atoms with Crippen molar-refractivity contribution in [1.82, 2.24) is 10.6 Å². The molecule has 0 saturated heterocycles. The molecular weight excluding hydrogens is 348 g/mol. The van der Waals surface area contributed by atoms with Crippen molar-refractivity contribution in [2.45, 2.75) is 6.54 Å². The summed E-state index contributed by atoms with van der Waals surface area (Å²) in [5.41, 5.74) is 0. The quantitative estimate of drug-likeness (QED) is 0.862. The van der Waals surface area contributed by atoms with E-state index in [2.05, 4.69) is 26.6 Å². The first kappa shape index (κ1) is 14.2. The minimum atomic E-state index is -0.219. The van der Waals surface area contributed by atoms with Crippen LogP contribution in [0.2, 0.25) is 0 Å². The van der Waals surface area contributed by atoms with Crippen LogP contribution in [0.5, 0.6) is 0 Å². The molecule has 2 aromatic heterocycles. The summed E-state index contributed by atoms with van der Waals surface area (Å²) < 4.78 is 1.03. The SMILES string of the molecule is O=C(CNC(=O)c1cccs1)NCc1ccc(Br)s1. The monoisotopic (exact) mass is 358 g/mol. The lowest BCUT2D eigenvalue weighted by molar-refractivity contribution is -0.120. The maximum absolute atomic E-state index is 11.6. The van der Waals surface area contributed by atoms with Crippen molar-refractivity contribution >= 4 is 50.4 Å². The van der Waals surface area contributed by atoms with E-state index in [1.807, 2.05) is 17.5 Å². The number of nitrogens with one attached hydrogen (secondary N) is 2. The van der Waals surface area contributed by atoms with Crippen LogP contribution >= 0.6 is 38.6 Å². The summed E-state index contributed by atoms with van der Waals surface area (Å²) in [6.45, 7) is 0.466. The minimum absolute atomic E-state index is 0.0106. The fourth-order valence-electron chi connectivity index (χ4n) is 1.35. The largest absolute Gasteiger partial charge is 0.350 e. The molecule has 0 saturated carbocycles. The second kappa shape index (κ2) is 6.83. The summed E-state index contributed by atoms with van der Waals surface area (Å²) in [6, 6.07) is 7.40. The molecule has 7 heteroatoms. The summed E-state index contributed by atoms with van der Waals surface area (Å²) in [5, 5.41) is 7.16. The van der Waals surface area contributed by atoms with Crippen LogP contribution in [0.1, 0.15) is 14.5 Å². The number of halogens is 1. The third kappa shape index (κ3) is 4.45. The van der Waals surface area contributed by atoms with E-state index in [1.165, 1.54) is 11.3 Å². The van der Waals surface area contributed by atoms with E-state index >= 15 is 0 Å². The van der Waals surface area contributed by atoms with Crippen molar-refractivity contribution in [3.63, 3.8) is 0 Å². The third-order valence-corrected chi connectivity index (χ3v) is 4.74. The lowest BCUT2D eigenvalue weighted by atomic mass is 10.4. The van der Waals surface area contributed by atoms with Gasteiger partial charge in [-0.25, -0.2) is 0 Å². The molecule has 0 spiro atoms. The molecule has 0 bridgehead atoms. The molecule has 0 aliphatic rings. The molecule has 0 radical (unpaired) electrons. The zero-order chi connectivity index (χ0) is 13.7. The summed E-state index contributed by atoms with van der Waals surface area (Å²) in [5.74, 6) is -0.418. The first-order valence-electron chi connectivity index (χ1n) is 5.48. The van der Waals surface area contributed by atoms with Crippen LogP contribution in [0.25, 0.3) is 0 Å². The topological polar surface area (TPSA) is 58.2 Å². The Bertz CT molecular complexity index is 566. The number of carbonyl (C=O) groups is 2. The van der Waals surface area contributed by atoms with E-state index in [0.29, 0.717) is 11.4 Å². The number of rotatable bonds is 5. The molecule has 2 heterocycles. The molecule has 0 fully saturated rings. The summed E-state index contributed by atoms with van der Waals surface area (Å²) >= 11 is 6.28. The van der Waals surface area contributed by atoms with Gasteiger partial charge in [0.15, 0.2) is 0 Å². The maximum Gasteiger partial charge on any atom is 0.261 e. The van der Waals surface area contributed by atoms with E-state index in [-0.39, 0.29) is 18.4 Å². The predicted octanol–water partition coefficient (Wildman–Crippen LogP) is 2.62. The van der Waals surface area contributed by atoms with Crippen LogP contribution in [0, 0.1) is 0 Å². The lowest BCUT2D eigenvalue weighted by Crippen LogP contribution is -2.36. The van der Waals surface area contributed by atoms with Crippen LogP contribution in [0.4, 0.5) is 0 Å². The average molecular weight is 359 g/mol. The minimum Gasteiger partial charge on any atom is -0.350 e. The normalized spacial score (nSPS) is 10.2. The first-order valence-corrected chi connectivity index (χ1v) is 7.96. The van der Waals surface area contributed by atoms with E-state index in [4.69, 9.17) is 0 Å². The molecule has 0 unspecified atom stereocenters. The van der Waals surface area contributed by atoms with Crippen LogP contribution in [0.15, 0.2) is 33.4 Å². The Morgan fingerprint density at radius 1 is 1.21 bits per heavy atom. The van der Waals surface area contributed by atoms with Crippen molar-refractivity contribution in [1.29, 1.82) is 0 Å². The fraction of sp³-hybridized carbons (Fsp3) is 0.167. The van der Waals surface area contributed by atoms with Gasteiger partial charge in [-0.05, 0) is 39.5 Å². The number of amides is 2. The summed E-state index contributed by atoms with van der Waals surface area (Å²) in [6.07, 6.45) is 0. The Morgan fingerprint density at radius 2 is 2.05 bits per heavy atom. The standard InChI is InChI=1S/C12H11BrN2O2S2/c13-10-4-3-8(19-10)6-14-11(16)7-15-12(17)9-2-1-5-18-9/h1-5H,6-7H2,(H,14,16)(H,15,17). The molecule has 0 atom stereocenters. The molecule has 0 aromatic carbocycles. The van der Waals surface area contributed by atoms with Gasteiger partial charge in [-0.15, -0.1) is 22.7 Å². The zero-order valence-electron chi connectivity index (χ0n) is 9.81. The molecule has 2 aromatic rings. The van der Waals surface area contributed by atoms with Gasteiger partial charge in [0, 0.05) is 4.88 Å². The first-order chi connectivity index (χ1) is 9.15. The van der Waals surface area contributed by atoms with Crippen molar-refractivity contribution in [3.05, 3.63) is 43.2 Å². The van der Waals surface area contributed by atoms with Gasteiger partial charge in [-0.1, -0.05) is 6.07 Å². The van der Waals surface area contributed by atoms with Crippen molar-refractivity contribution in [2.24, 2.45) is 0 Å². The maximum atomic E-state index is 11.6. The Morgan fingerprint density at radius 3 is 2.68 bits per heavy atom. The molecule has 0 aliphatic heterocycles. The third-order valence-electron chi connectivity index (χ3n) is 2.24. The molecule has 2 amide bonds. The molecule has 19 heavy (non-hydrogen) atoms. The van der Waals surface area contributed by atoms with Gasteiger partial charge >= 0.3 is 0 Å². The Hall–Kier alpha value is -1.18. The van der Waals surface area contributed by atoms with Gasteiger partial charge in [0.25, 0.3) is 5.91 Å². The number of hydrogen-bond donors (Lipinski definition) is 2.